The molecule has 0 amide bonds. The zero-order chi connectivity index (χ0) is 29.8. The van der Waals surface area contributed by atoms with Gasteiger partial charge >= 0.3 is 0 Å². The SMILES string of the molecule is CN1c2ccccc2N(c2ccccc2)C1c1ccc(-c2ccc3c4c(c(-c5ccccc5)nc3c2)C=CC(=N)C4=N)cc1. The van der Waals surface area contributed by atoms with Gasteiger partial charge in [0.2, 0.25) is 0 Å². The van der Waals surface area contributed by atoms with Crippen molar-refractivity contribution in [1.29, 1.82) is 10.8 Å². The number of nitrogens with zero attached hydrogens (tertiary/aromatic N) is 3. The molecule has 0 spiro atoms. The van der Waals surface area contributed by atoms with E-state index in [0.717, 1.165) is 50.1 Å². The van der Waals surface area contributed by atoms with Crippen LogP contribution in [-0.2, 0) is 0 Å². The van der Waals surface area contributed by atoms with E-state index >= 15 is 0 Å². The Morgan fingerprint density at radius 1 is 0.636 bits per heavy atom. The smallest absolute Gasteiger partial charge is 0.132 e. The molecule has 1 atom stereocenters. The van der Waals surface area contributed by atoms with E-state index in [2.05, 4.69) is 114 Å². The summed E-state index contributed by atoms with van der Waals surface area (Å²) < 4.78 is 0. The number of pyridine rings is 1. The van der Waals surface area contributed by atoms with E-state index in [-0.39, 0.29) is 17.6 Å². The number of rotatable bonds is 4. The van der Waals surface area contributed by atoms with E-state index in [4.69, 9.17) is 15.8 Å². The number of aromatic nitrogens is 1. The van der Waals surface area contributed by atoms with Crippen molar-refractivity contribution >= 4 is 45.5 Å². The second-order valence-electron chi connectivity index (χ2n) is 11.3. The Morgan fingerprint density at radius 3 is 2.05 bits per heavy atom. The molecule has 0 saturated heterocycles. The first-order chi connectivity index (χ1) is 21.6. The van der Waals surface area contributed by atoms with E-state index in [1.165, 1.54) is 16.9 Å². The highest BCUT2D eigenvalue weighted by atomic mass is 15.4. The summed E-state index contributed by atoms with van der Waals surface area (Å²) >= 11 is 0. The minimum absolute atomic E-state index is 0.0245. The molecule has 44 heavy (non-hydrogen) atoms. The minimum Gasteiger partial charge on any atom is -0.349 e. The highest BCUT2D eigenvalue weighted by Gasteiger charge is 2.35. The lowest BCUT2D eigenvalue weighted by atomic mass is 9.87. The summed E-state index contributed by atoms with van der Waals surface area (Å²) in [4.78, 5) is 9.87. The molecule has 6 aromatic rings. The normalized spacial score (nSPS) is 15.5. The Morgan fingerprint density at radius 2 is 1.30 bits per heavy atom. The van der Waals surface area contributed by atoms with Crippen LogP contribution in [0.4, 0.5) is 17.1 Å². The summed E-state index contributed by atoms with van der Waals surface area (Å²) in [5.74, 6) is 0. The summed E-state index contributed by atoms with van der Waals surface area (Å²) in [6, 6.07) is 44.3. The van der Waals surface area contributed by atoms with Crippen molar-refractivity contribution in [3.63, 3.8) is 0 Å². The molecular weight excluding hydrogens is 538 g/mol. The highest BCUT2D eigenvalue weighted by Crippen LogP contribution is 2.49. The van der Waals surface area contributed by atoms with Crippen molar-refractivity contribution in [3.05, 3.63) is 150 Å². The molecule has 2 heterocycles. The Balaban J connectivity index is 1.21. The first kappa shape index (κ1) is 25.9. The van der Waals surface area contributed by atoms with Gasteiger partial charge in [-0.1, -0.05) is 97.1 Å². The van der Waals surface area contributed by atoms with Crippen LogP contribution >= 0.6 is 0 Å². The van der Waals surface area contributed by atoms with E-state index in [1.54, 1.807) is 6.08 Å². The van der Waals surface area contributed by atoms with Crippen molar-refractivity contribution < 1.29 is 0 Å². The third-order valence-electron chi connectivity index (χ3n) is 8.72. The molecule has 5 heteroatoms. The fourth-order valence-corrected chi connectivity index (χ4v) is 6.58. The lowest BCUT2D eigenvalue weighted by Gasteiger charge is -2.31. The molecule has 0 fully saturated rings. The van der Waals surface area contributed by atoms with Gasteiger partial charge in [0.15, 0.2) is 0 Å². The number of fused-ring (bicyclic) bond motifs is 4. The number of allylic oxidation sites excluding steroid dienone is 1. The van der Waals surface area contributed by atoms with E-state index in [0.29, 0.717) is 0 Å². The maximum atomic E-state index is 8.77. The van der Waals surface area contributed by atoms with Crippen LogP contribution in [0.25, 0.3) is 39.4 Å². The second kappa shape index (κ2) is 10.2. The van der Waals surface area contributed by atoms with Gasteiger partial charge in [0, 0.05) is 34.8 Å². The van der Waals surface area contributed by atoms with Gasteiger partial charge in [-0.15, -0.1) is 0 Å². The summed E-state index contributed by atoms with van der Waals surface area (Å²) in [6.45, 7) is 0. The van der Waals surface area contributed by atoms with Crippen LogP contribution in [0.5, 0.6) is 0 Å². The third-order valence-corrected chi connectivity index (χ3v) is 8.72. The summed E-state index contributed by atoms with van der Waals surface area (Å²) in [5.41, 5.74) is 11.7. The molecule has 0 saturated carbocycles. The van der Waals surface area contributed by atoms with Gasteiger partial charge in [0.05, 0.1) is 34.0 Å². The third kappa shape index (κ3) is 4.05. The summed E-state index contributed by atoms with van der Waals surface area (Å²) in [6.07, 6.45) is 3.64. The van der Waals surface area contributed by atoms with Crippen molar-refractivity contribution in [3.8, 4) is 22.4 Å². The van der Waals surface area contributed by atoms with Crippen molar-refractivity contribution in [2.45, 2.75) is 6.17 Å². The number of nitrogens with one attached hydrogen (secondary N) is 2. The lowest BCUT2D eigenvalue weighted by molar-refractivity contribution is 0.719. The fraction of sp³-hybridized carbons (Fsp3) is 0.0513. The molecule has 1 aliphatic heterocycles. The minimum atomic E-state index is 0.0245. The maximum Gasteiger partial charge on any atom is 0.132 e. The van der Waals surface area contributed by atoms with Gasteiger partial charge in [-0.05, 0) is 59.2 Å². The molecule has 2 aliphatic rings. The molecule has 1 aliphatic carbocycles. The van der Waals surface area contributed by atoms with Crippen LogP contribution in [0, 0.1) is 10.8 Å². The first-order valence-corrected chi connectivity index (χ1v) is 14.7. The van der Waals surface area contributed by atoms with Crippen molar-refractivity contribution in [1.82, 2.24) is 4.98 Å². The molecule has 2 N–H and O–H groups in total. The Bertz CT molecular complexity index is 2110. The van der Waals surface area contributed by atoms with Gasteiger partial charge in [-0.2, -0.15) is 0 Å². The summed E-state index contributed by atoms with van der Waals surface area (Å²) in [5, 5.41) is 18.0. The van der Waals surface area contributed by atoms with Gasteiger partial charge in [0.25, 0.3) is 0 Å². The topological polar surface area (TPSA) is 67.1 Å². The molecule has 8 rings (SSSR count). The highest BCUT2D eigenvalue weighted by molar-refractivity contribution is 6.54. The van der Waals surface area contributed by atoms with Gasteiger partial charge in [-0.3, -0.25) is 10.8 Å². The number of hydrogen-bond donors (Lipinski definition) is 2. The Labute approximate surface area is 256 Å². The molecule has 0 bridgehead atoms. The average Bonchev–Trinajstić information content (AvgIpc) is 3.38. The van der Waals surface area contributed by atoms with Crippen molar-refractivity contribution in [2.75, 3.05) is 16.8 Å². The van der Waals surface area contributed by atoms with Gasteiger partial charge in [0.1, 0.15) is 6.17 Å². The molecule has 5 aromatic carbocycles. The standard InChI is InChI=1S/C39H29N5/c1-43-34-14-8-9-15-35(34)44(29-12-6-3-7-13-29)39(43)27-18-16-25(17-19-27)28-20-21-30-33(24-28)42-38(26-10-4-2-5-11-26)31-22-23-32(40)37(41)36(30)31/h2-24,39-41H,1H3. The molecule has 1 aromatic heterocycles. The van der Waals surface area contributed by atoms with Crippen LogP contribution in [-0.4, -0.2) is 23.5 Å². The first-order valence-electron chi connectivity index (χ1n) is 14.7. The van der Waals surface area contributed by atoms with Gasteiger partial charge in [-0.25, -0.2) is 4.98 Å². The fourth-order valence-electron chi connectivity index (χ4n) is 6.58. The molecular formula is C39H29N5. The zero-order valence-corrected chi connectivity index (χ0v) is 24.2. The van der Waals surface area contributed by atoms with E-state index in [9.17, 15) is 0 Å². The van der Waals surface area contributed by atoms with Crippen molar-refractivity contribution in [2.24, 2.45) is 0 Å². The number of para-hydroxylation sites is 3. The number of hydrogen-bond acceptors (Lipinski definition) is 5. The Kier molecular flexibility index (Phi) is 5.98. The molecule has 210 valence electrons. The molecule has 5 nitrogen and oxygen atoms in total. The Hall–Kier alpha value is -5.81. The van der Waals surface area contributed by atoms with Crippen LogP contribution < -0.4 is 9.80 Å². The van der Waals surface area contributed by atoms with Crippen LogP contribution in [0.3, 0.4) is 0 Å². The average molecular weight is 568 g/mol. The number of benzene rings is 5. The van der Waals surface area contributed by atoms with Crippen LogP contribution in [0.1, 0.15) is 22.9 Å². The van der Waals surface area contributed by atoms with Gasteiger partial charge < -0.3 is 9.80 Å². The largest absolute Gasteiger partial charge is 0.349 e. The number of anilines is 3. The summed E-state index contributed by atoms with van der Waals surface area (Å²) in [7, 11) is 2.16. The maximum absolute atomic E-state index is 8.77. The van der Waals surface area contributed by atoms with E-state index < -0.39 is 0 Å². The molecule has 1 unspecified atom stereocenters. The quantitative estimate of drug-likeness (QED) is 0.223. The molecule has 0 radical (unpaired) electrons. The zero-order valence-electron chi connectivity index (χ0n) is 24.2. The monoisotopic (exact) mass is 567 g/mol. The predicted octanol–water partition coefficient (Wildman–Crippen LogP) is 9.27. The predicted molar refractivity (Wildman–Crippen MR) is 182 cm³/mol. The van der Waals surface area contributed by atoms with Crippen LogP contribution in [0.15, 0.2) is 133 Å². The lowest BCUT2D eigenvalue weighted by Crippen LogP contribution is -2.30. The van der Waals surface area contributed by atoms with Crippen LogP contribution in [0.2, 0.25) is 0 Å². The second-order valence-corrected chi connectivity index (χ2v) is 11.3. The van der Waals surface area contributed by atoms with E-state index in [1.807, 2.05) is 36.4 Å².